The molecule has 0 amide bonds. The Bertz CT molecular complexity index is 535. The van der Waals surface area contributed by atoms with Crippen molar-refractivity contribution in [3.63, 3.8) is 0 Å². The lowest BCUT2D eigenvalue weighted by atomic mass is 10.1. The van der Waals surface area contributed by atoms with Crippen LogP contribution in [0.2, 0.25) is 0 Å². The van der Waals surface area contributed by atoms with Crippen LogP contribution in [-0.4, -0.2) is 16.5 Å². The van der Waals surface area contributed by atoms with Crippen molar-refractivity contribution in [3.8, 4) is 11.3 Å². The zero-order chi connectivity index (χ0) is 13.0. The van der Waals surface area contributed by atoms with Crippen molar-refractivity contribution in [1.29, 1.82) is 0 Å². The highest BCUT2D eigenvalue weighted by Crippen LogP contribution is 2.25. The topological polar surface area (TPSA) is 37.8 Å². The summed E-state index contributed by atoms with van der Waals surface area (Å²) >= 11 is 0. The zero-order valence-corrected chi connectivity index (χ0v) is 11.2. The Balaban J connectivity index is 2.39. The molecule has 0 spiro atoms. The predicted molar refractivity (Wildman–Crippen MR) is 75.7 cm³/mol. The van der Waals surface area contributed by atoms with E-state index >= 15 is 0 Å². The number of nitrogens with zero attached hydrogens (tertiary/aromatic N) is 2. The molecule has 0 fully saturated rings. The van der Waals surface area contributed by atoms with Crippen molar-refractivity contribution in [3.05, 3.63) is 41.7 Å². The van der Waals surface area contributed by atoms with E-state index in [-0.39, 0.29) is 0 Å². The molecular weight excluding hydrogens is 222 g/mol. The number of anilines is 1. The van der Waals surface area contributed by atoms with Gasteiger partial charge < -0.3 is 5.32 Å². The molecule has 1 aromatic carbocycles. The fourth-order valence-electron chi connectivity index (χ4n) is 1.96. The number of aromatic nitrogens is 2. The highest BCUT2D eigenvalue weighted by molar-refractivity contribution is 5.68. The third-order valence-corrected chi connectivity index (χ3v) is 2.92. The van der Waals surface area contributed by atoms with Gasteiger partial charge in [0.2, 0.25) is 0 Å². The van der Waals surface area contributed by atoms with Crippen LogP contribution in [0.25, 0.3) is 11.3 Å². The van der Waals surface area contributed by atoms with Crippen LogP contribution in [-0.2, 0) is 0 Å². The smallest absolute Gasteiger partial charge is 0.132 e. The van der Waals surface area contributed by atoms with E-state index in [2.05, 4.69) is 60.3 Å². The van der Waals surface area contributed by atoms with E-state index in [4.69, 9.17) is 0 Å². The van der Waals surface area contributed by atoms with Gasteiger partial charge >= 0.3 is 0 Å². The van der Waals surface area contributed by atoms with E-state index in [1.54, 1.807) is 6.33 Å². The molecule has 0 aliphatic rings. The Morgan fingerprint density at radius 2 is 2.00 bits per heavy atom. The van der Waals surface area contributed by atoms with Crippen molar-refractivity contribution >= 4 is 5.82 Å². The quantitative estimate of drug-likeness (QED) is 0.889. The molecular formula is C15H19N3. The fourth-order valence-corrected chi connectivity index (χ4v) is 1.96. The maximum absolute atomic E-state index is 4.41. The second kappa shape index (κ2) is 5.63. The van der Waals surface area contributed by atoms with Gasteiger partial charge in [0.25, 0.3) is 0 Å². The van der Waals surface area contributed by atoms with E-state index in [1.165, 1.54) is 5.56 Å². The van der Waals surface area contributed by atoms with E-state index in [0.717, 1.165) is 35.6 Å². The minimum Gasteiger partial charge on any atom is -0.370 e. The van der Waals surface area contributed by atoms with Gasteiger partial charge in [-0.25, -0.2) is 9.97 Å². The van der Waals surface area contributed by atoms with Gasteiger partial charge in [0.1, 0.15) is 12.1 Å². The minimum absolute atomic E-state index is 0.934. The molecule has 0 radical (unpaired) electrons. The van der Waals surface area contributed by atoms with E-state index < -0.39 is 0 Å². The second-order valence-corrected chi connectivity index (χ2v) is 4.49. The molecule has 0 aliphatic carbocycles. The third kappa shape index (κ3) is 2.67. The van der Waals surface area contributed by atoms with Crippen LogP contribution >= 0.6 is 0 Å². The predicted octanol–water partition coefficient (Wildman–Crippen LogP) is 3.58. The van der Waals surface area contributed by atoms with Crippen LogP contribution in [0, 0.1) is 13.8 Å². The Hall–Kier alpha value is -1.90. The summed E-state index contributed by atoms with van der Waals surface area (Å²) in [6.07, 6.45) is 2.71. The third-order valence-electron chi connectivity index (χ3n) is 2.92. The lowest BCUT2D eigenvalue weighted by Crippen LogP contribution is -2.05. The number of hydrogen-bond donors (Lipinski definition) is 1. The van der Waals surface area contributed by atoms with Gasteiger partial charge in [-0.2, -0.15) is 0 Å². The van der Waals surface area contributed by atoms with Crippen molar-refractivity contribution in [2.75, 3.05) is 11.9 Å². The van der Waals surface area contributed by atoms with Crippen LogP contribution in [0.4, 0.5) is 5.82 Å². The Labute approximate surface area is 108 Å². The summed E-state index contributed by atoms with van der Waals surface area (Å²) in [6, 6.07) is 8.40. The van der Waals surface area contributed by atoms with Crippen molar-refractivity contribution in [1.82, 2.24) is 9.97 Å². The molecule has 3 nitrogen and oxygen atoms in total. The fraction of sp³-hybridized carbons (Fsp3) is 0.333. The van der Waals surface area contributed by atoms with Gasteiger partial charge in [-0.05, 0) is 26.3 Å². The molecule has 2 rings (SSSR count). The number of nitrogens with one attached hydrogen (secondary N) is 1. The lowest BCUT2D eigenvalue weighted by Gasteiger charge is -2.11. The summed E-state index contributed by atoms with van der Waals surface area (Å²) in [4.78, 5) is 8.71. The van der Waals surface area contributed by atoms with E-state index in [1.807, 2.05) is 0 Å². The number of aryl methyl sites for hydroxylation is 1. The number of rotatable bonds is 4. The van der Waals surface area contributed by atoms with Crippen molar-refractivity contribution in [2.24, 2.45) is 0 Å². The molecule has 0 aliphatic heterocycles. The number of hydrogen-bond acceptors (Lipinski definition) is 3. The number of benzene rings is 1. The van der Waals surface area contributed by atoms with Gasteiger partial charge in [-0.3, -0.25) is 0 Å². The zero-order valence-electron chi connectivity index (χ0n) is 11.2. The monoisotopic (exact) mass is 241 g/mol. The minimum atomic E-state index is 0.934. The highest BCUT2D eigenvalue weighted by Gasteiger charge is 2.08. The van der Waals surface area contributed by atoms with Crippen LogP contribution in [0.15, 0.2) is 30.6 Å². The molecule has 18 heavy (non-hydrogen) atoms. The summed E-state index contributed by atoms with van der Waals surface area (Å²) in [5.41, 5.74) is 4.51. The van der Waals surface area contributed by atoms with Gasteiger partial charge in [0.15, 0.2) is 0 Å². The summed E-state index contributed by atoms with van der Waals surface area (Å²) < 4.78 is 0. The van der Waals surface area contributed by atoms with Gasteiger partial charge in [-0.1, -0.05) is 30.7 Å². The first-order valence-corrected chi connectivity index (χ1v) is 6.35. The second-order valence-electron chi connectivity index (χ2n) is 4.49. The van der Waals surface area contributed by atoms with Crippen LogP contribution in [0.1, 0.15) is 24.5 Å². The Kier molecular flexibility index (Phi) is 3.92. The Morgan fingerprint density at radius 1 is 1.17 bits per heavy atom. The average Bonchev–Trinajstić information content (AvgIpc) is 2.37. The summed E-state index contributed by atoms with van der Waals surface area (Å²) in [7, 11) is 0. The van der Waals surface area contributed by atoms with E-state index in [0.29, 0.717) is 0 Å². The molecule has 2 aromatic rings. The summed E-state index contributed by atoms with van der Waals surface area (Å²) in [5.74, 6) is 0.934. The maximum Gasteiger partial charge on any atom is 0.132 e. The van der Waals surface area contributed by atoms with Crippen LogP contribution in [0.5, 0.6) is 0 Å². The SMILES string of the molecule is CCCNc1ncnc(-c2cccc(C)c2)c1C. The first-order chi connectivity index (χ1) is 8.72. The molecule has 0 saturated heterocycles. The molecule has 94 valence electrons. The molecule has 1 aromatic heterocycles. The molecule has 3 heteroatoms. The first-order valence-electron chi connectivity index (χ1n) is 6.35. The van der Waals surface area contributed by atoms with Crippen molar-refractivity contribution < 1.29 is 0 Å². The highest BCUT2D eigenvalue weighted by atomic mass is 15.0. The van der Waals surface area contributed by atoms with Gasteiger partial charge in [0, 0.05) is 17.7 Å². The largest absolute Gasteiger partial charge is 0.370 e. The van der Waals surface area contributed by atoms with Crippen molar-refractivity contribution in [2.45, 2.75) is 27.2 Å². The first kappa shape index (κ1) is 12.6. The molecule has 1 heterocycles. The average molecular weight is 241 g/mol. The van der Waals surface area contributed by atoms with Gasteiger partial charge in [0.05, 0.1) is 5.69 Å². The molecule has 0 unspecified atom stereocenters. The molecule has 0 bridgehead atoms. The normalized spacial score (nSPS) is 10.4. The van der Waals surface area contributed by atoms with Crippen LogP contribution < -0.4 is 5.32 Å². The standard InChI is InChI=1S/C15H19N3/c1-4-8-16-15-12(3)14(17-10-18-15)13-7-5-6-11(2)9-13/h5-7,9-10H,4,8H2,1-3H3,(H,16,17,18). The summed E-state index contributed by atoms with van der Waals surface area (Å²) in [6.45, 7) is 7.24. The van der Waals surface area contributed by atoms with E-state index in [9.17, 15) is 0 Å². The molecule has 0 saturated carbocycles. The Morgan fingerprint density at radius 3 is 2.72 bits per heavy atom. The molecule has 0 atom stereocenters. The van der Waals surface area contributed by atoms with Crippen LogP contribution in [0.3, 0.4) is 0 Å². The summed E-state index contributed by atoms with van der Waals surface area (Å²) in [5, 5.41) is 3.34. The maximum atomic E-state index is 4.41. The lowest BCUT2D eigenvalue weighted by molar-refractivity contribution is 0.960. The molecule has 1 N–H and O–H groups in total. The van der Waals surface area contributed by atoms with Gasteiger partial charge in [-0.15, -0.1) is 0 Å².